The fourth-order valence-electron chi connectivity index (χ4n) is 4.09. The third-order valence-electron chi connectivity index (χ3n) is 5.62. The number of aliphatic hydroxyl groups excluding tert-OH is 1. The van der Waals surface area contributed by atoms with Crippen LogP contribution in [0.1, 0.15) is 16.7 Å². The number of para-hydroxylation sites is 1. The quantitative estimate of drug-likeness (QED) is 0.534. The third kappa shape index (κ3) is 4.02. The van der Waals surface area contributed by atoms with Gasteiger partial charge in [0, 0.05) is 24.0 Å². The van der Waals surface area contributed by atoms with E-state index in [0.29, 0.717) is 43.1 Å². The maximum Gasteiger partial charge on any atom is 0.229 e. The first kappa shape index (κ1) is 20.8. The molecule has 2 aliphatic heterocycles. The fourth-order valence-corrected chi connectivity index (χ4v) is 4.42. The Balaban J connectivity index is 1.57. The van der Waals surface area contributed by atoms with Crippen molar-refractivity contribution >= 4 is 34.7 Å². The van der Waals surface area contributed by atoms with Crippen molar-refractivity contribution in [3.05, 3.63) is 82.5 Å². The smallest absolute Gasteiger partial charge is 0.229 e. The van der Waals surface area contributed by atoms with Gasteiger partial charge in [-0.05, 0) is 36.2 Å². The summed E-state index contributed by atoms with van der Waals surface area (Å²) in [6.07, 6.45) is 4.81. The van der Waals surface area contributed by atoms with Gasteiger partial charge in [-0.2, -0.15) is 4.98 Å². The zero-order valence-electron chi connectivity index (χ0n) is 17.7. The van der Waals surface area contributed by atoms with E-state index in [1.165, 1.54) is 0 Å². The van der Waals surface area contributed by atoms with E-state index in [4.69, 9.17) is 21.3 Å². The molecule has 8 heteroatoms. The number of ether oxygens (including phenoxy) is 1. The zero-order valence-corrected chi connectivity index (χ0v) is 18.5. The lowest BCUT2D eigenvalue weighted by atomic mass is 10.1. The summed E-state index contributed by atoms with van der Waals surface area (Å²) in [5.41, 5.74) is 4.66. The van der Waals surface area contributed by atoms with Gasteiger partial charge in [-0.1, -0.05) is 48.0 Å². The van der Waals surface area contributed by atoms with E-state index < -0.39 is 6.35 Å². The van der Waals surface area contributed by atoms with E-state index in [1.54, 1.807) is 0 Å². The van der Waals surface area contributed by atoms with E-state index in [-0.39, 0.29) is 0 Å². The van der Waals surface area contributed by atoms with Gasteiger partial charge in [0.1, 0.15) is 5.82 Å². The van der Waals surface area contributed by atoms with Crippen LogP contribution in [0.15, 0.2) is 60.8 Å². The number of aromatic nitrogens is 2. The zero-order chi connectivity index (χ0) is 22.1. The molecule has 1 atom stereocenters. The van der Waals surface area contributed by atoms with Crippen LogP contribution in [0.4, 0.5) is 23.1 Å². The molecule has 1 unspecified atom stereocenters. The summed E-state index contributed by atoms with van der Waals surface area (Å²) in [4.78, 5) is 13.0. The molecule has 32 heavy (non-hydrogen) atoms. The van der Waals surface area contributed by atoms with Gasteiger partial charge in [0.15, 0.2) is 0 Å². The van der Waals surface area contributed by atoms with E-state index in [1.807, 2.05) is 77.5 Å². The van der Waals surface area contributed by atoms with Crippen molar-refractivity contribution in [1.82, 2.24) is 9.97 Å². The number of rotatable bonds is 1. The summed E-state index contributed by atoms with van der Waals surface area (Å²) in [7, 11) is 0. The maximum atomic E-state index is 11.4. The topological polar surface area (TPSA) is 73.8 Å². The Bertz CT molecular complexity index is 1150. The molecule has 0 saturated carbocycles. The average molecular weight is 450 g/mol. The van der Waals surface area contributed by atoms with Crippen LogP contribution < -0.4 is 15.1 Å². The van der Waals surface area contributed by atoms with Gasteiger partial charge < -0.3 is 25.0 Å². The number of aliphatic hydroxyl groups is 1. The van der Waals surface area contributed by atoms with Gasteiger partial charge in [-0.3, -0.25) is 0 Å². The Labute approximate surface area is 191 Å². The molecule has 3 heterocycles. The number of benzene rings is 2. The van der Waals surface area contributed by atoms with E-state index in [0.717, 1.165) is 28.1 Å². The monoisotopic (exact) mass is 449 g/mol. The summed E-state index contributed by atoms with van der Waals surface area (Å²) in [6.45, 7) is 3.88. The Morgan fingerprint density at radius 1 is 1.16 bits per heavy atom. The number of aryl methyl sites for hydroxylation is 1. The number of hydrogen-bond donors (Lipinski definition) is 2. The Kier molecular flexibility index (Phi) is 5.70. The highest BCUT2D eigenvalue weighted by atomic mass is 35.5. The van der Waals surface area contributed by atoms with Crippen LogP contribution in [-0.4, -0.2) is 34.6 Å². The first-order chi connectivity index (χ1) is 15.6. The minimum Gasteiger partial charge on any atom is -0.373 e. The fraction of sp³-hybridized carbons (Fsp3) is 0.250. The lowest BCUT2D eigenvalue weighted by Crippen LogP contribution is -2.53. The van der Waals surface area contributed by atoms with Crippen LogP contribution in [0, 0.1) is 6.92 Å². The van der Waals surface area contributed by atoms with Gasteiger partial charge in [0.2, 0.25) is 12.3 Å². The lowest BCUT2D eigenvalue weighted by Gasteiger charge is -2.43. The lowest BCUT2D eigenvalue weighted by molar-refractivity contribution is 0.148. The predicted octanol–water partition coefficient (Wildman–Crippen LogP) is 4.37. The number of nitrogens with one attached hydrogen (secondary N) is 1. The standard InChI is InChI=1S/C24H24ClN5O2/c1-16-6-4-9-20(25)21(16)30-14-18-13-26-23-27-19-8-5-7-17(12-19)15-32-11-3-2-10-29(24(30)31)22(18)28-23/h2-9,12-13,24,31H,10-11,14-15H2,1H3,(H,26,27,28)/b3-2+. The molecular formula is C24H24ClN5O2. The second-order valence-corrected chi connectivity index (χ2v) is 8.29. The molecule has 0 aliphatic carbocycles. The molecule has 0 saturated heterocycles. The van der Waals surface area contributed by atoms with Crippen LogP contribution in [0.5, 0.6) is 0 Å². The van der Waals surface area contributed by atoms with Gasteiger partial charge in [0.05, 0.1) is 30.5 Å². The summed E-state index contributed by atoms with van der Waals surface area (Å²) >= 11 is 6.53. The highest BCUT2D eigenvalue weighted by molar-refractivity contribution is 6.33. The number of anilines is 4. The van der Waals surface area contributed by atoms with Gasteiger partial charge in [-0.25, -0.2) is 4.98 Å². The van der Waals surface area contributed by atoms with Crippen molar-refractivity contribution in [3.63, 3.8) is 0 Å². The molecule has 3 aromatic rings. The predicted molar refractivity (Wildman–Crippen MR) is 126 cm³/mol. The van der Waals surface area contributed by atoms with E-state index >= 15 is 0 Å². The Hall–Kier alpha value is -3.13. The first-order valence-corrected chi connectivity index (χ1v) is 10.9. The van der Waals surface area contributed by atoms with Crippen molar-refractivity contribution in [2.75, 3.05) is 28.3 Å². The van der Waals surface area contributed by atoms with Gasteiger partial charge in [0.25, 0.3) is 0 Å². The minimum absolute atomic E-state index is 0.445. The Morgan fingerprint density at radius 3 is 2.91 bits per heavy atom. The number of fused-ring (bicyclic) bond motifs is 3. The van der Waals surface area contributed by atoms with Gasteiger partial charge >= 0.3 is 0 Å². The average Bonchev–Trinajstić information content (AvgIpc) is 2.78. The minimum atomic E-state index is -0.939. The normalized spacial score (nSPS) is 19.2. The molecule has 164 valence electrons. The molecule has 7 nitrogen and oxygen atoms in total. The second kappa shape index (κ2) is 8.78. The van der Waals surface area contributed by atoms with Crippen molar-refractivity contribution in [2.45, 2.75) is 26.4 Å². The van der Waals surface area contributed by atoms with Crippen LogP contribution in [0.3, 0.4) is 0 Å². The van der Waals surface area contributed by atoms with Crippen LogP contribution >= 0.6 is 11.6 Å². The highest BCUT2D eigenvalue weighted by Crippen LogP contribution is 2.37. The molecule has 0 spiro atoms. The molecule has 0 amide bonds. The molecular weight excluding hydrogens is 426 g/mol. The van der Waals surface area contributed by atoms with Gasteiger partial charge in [-0.15, -0.1) is 0 Å². The highest BCUT2D eigenvalue weighted by Gasteiger charge is 2.34. The molecule has 2 aliphatic rings. The third-order valence-corrected chi connectivity index (χ3v) is 5.93. The largest absolute Gasteiger partial charge is 0.373 e. The molecule has 5 rings (SSSR count). The van der Waals surface area contributed by atoms with Crippen molar-refractivity contribution in [1.29, 1.82) is 0 Å². The summed E-state index contributed by atoms with van der Waals surface area (Å²) in [5, 5.41) is 15.2. The molecule has 1 aromatic heterocycles. The number of halogens is 1. The Morgan fingerprint density at radius 2 is 2.03 bits per heavy atom. The summed E-state index contributed by atoms with van der Waals surface area (Å²) in [5.74, 6) is 1.16. The number of nitrogens with zero attached hydrogens (tertiary/aromatic N) is 4. The molecule has 0 fully saturated rings. The maximum absolute atomic E-state index is 11.4. The summed E-state index contributed by atoms with van der Waals surface area (Å²) < 4.78 is 5.77. The van der Waals surface area contributed by atoms with Crippen molar-refractivity contribution in [3.8, 4) is 0 Å². The molecule has 2 aromatic carbocycles. The number of hydrogen-bond acceptors (Lipinski definition) is 7. The van der Waals surface area contributed by atoms with Crippen molar-refractivity contribution in [2.24, 2.45) is 0 Å². The van der Waals surface area contributed by atoms with Crippen LogP contribution in [0.2, 0.25) is 5.02 Å². The second-order valence-electron chi connectivity index (χ2n) is 7.89. The molecule has 2 N–H and O–H groups in total. The van der Waals surface area contributed by atoms with E-state index in [9.17, 15) is 5.11 Å². The molecule has 0 radical (unpaired) electrons. The SMILES string of the molecule is Cc1cccc(Cl)c1N1Cc2cnc3nc2N(C/C=C/COCc2cccc(c2)N3)C1O. The molecule has 4 bridgehead atoms. The van der Waals surface area contributed by atoms with Crippen LogP contribution in [0.25, 0.3) is 0 Å². The first-order valence-electron chi connectivity index (χ1n) is 10.5. The van der Waals surface area contributed by atoms with Crippen molar-refractivity contribution < 1.29 is 9.84 Å². The van der Waals surface area contributed by atoms with Crippen LogP contribution in [-0.2, 0) is 17.9 Å². The van der Waals surface area contributed by atoms with E-state index in [2.05, 4.69) is 10.3 Å². The summed E-state index contributed by atoms with van der Waals surface area (Å²) in [6, 6.07) is 13.7.